The predicted octanol–water partition coefficient (Wildman–Crippen LogP) is 4.48. The minimum absolute atomic E-state index is 0.803. The van der Waals surface area contributed by atoms with Gasteiger partial charge in [-0.05, 0) is 60.2 Å². The topological polar surface area (TPSA) is 21.3 Å². The van der Waals surface area contributed by atoms with Gasteiger partial charge in [0.05, 0.1) is 6.61 Å². The van der Waals surface area contributed by atoms with Gasteiger partial charge in [0.2, 0.25) is 0 Å². The molecule has 4 rings (SSSR count). The predicted molar refractivity (Wildman–Crippen MR) is 89.1 cm³/mol. The van der Waals surface area contributed by atoms with Crippen LogP contribution >= 0.6 is 15.9 Å². The van der Waals surface area contributed by atoms with Crippen LogP contribution in [-0.2, 0) is 25.8 Å². The number of anilines is 1. The third-order valence-electron chi connectivity index (χ3n) is 4.41. The fraction of sp³-hybridized carbons (Fsp3) is 0.333. The summed E-state index contributed by atoms with van der Waals surface area (Å²) >= 11 is 3.60. The Morgan fingerprint density at radius 3 is 2.86 bits per heavy atom. The number of nitrogens with one attached hydrogen (secondary N) is 1. The lowest BCUT2D eigenvalue weighted by Gasteiger charge is -2.12. The highest BCUT2D eigenvalue weighted by atomic mass is 79.9. The first kappa shape index (κ1) is 13.2. The molecular weight excluding hydrogens is 326 g/mol. The maximum atomic E-state index is 5.79. The molecule has 0 spiro atoms. The third-order valence-corrected chi connectivity index (χ3v) is 4.86. The van der Waals surface area contributed by atoms with Crippen LogP contribution in [0, 0.1) is 0 Å². The average Bonchev–Trinajstić information content (AvgIpc) is 3.12. The molecule has 0 bridgehead atoms. The highest BCUT2D eigenvalue weighted by Crippen LogP contribution is 2.33. The summed E-state index contributed by atoms with van der Waals surface area (Å²) in [6.45, 7) is 1.61. The lowest BCUT2D eigenvalue weighted by molar-refractivity contribution is 0.354. The van der Waals surface area contributed by atoms with Crippen molar-refractivity contribution in [3.63, 3.8) is 0 Å². The molecule has 1 aliphatic heterocycles. The summed E-state index contributed by atoms with van der Waals surface area (Å²) in [5.41, 5.74) is 6.79. The molecule has 2 aromatic rings. The second-order valence-corrected chi connectivity index (χ2v) is 6.76. The summed E-state index contributed by atoms with van der Waals surface area (Å²) < 4.78 is 6.92. The van der Waals surface area contributed by atoms with E-state index in [0.717, 1.165) is 29.8 Å². The zero-order valence-electron chi connectivity index (χ0n) is 11.9. The lowest BCUT2D eigenvalue weighted by atomic mass is 10.1. The molecule has 108 valence electrons. The summed E-state index contributed by atoms with van der Waals surface area (Å²) in [5, 5.41) is 3.55. The van der Waals surface area contributed by atoms with Crippen molar-refractivity contribution in [2.75, 3.05) is 11.9 Å². The quantitative estimate of drug-likeness (QED) is 0.886. The van der Waals surface area contributed by atoms with Crippen LogP contribution in [0.4, 0.5) is 5.69 Å². The Morgan fingerprint density at radius 2 is 1.90 bits per heavy atom. The third kappa shape index (κ3) is 2.55. The van der Waals surface area contributed by atoms with Crippen LogP contribution in [0.25, 0.3) is 0 Å². The number of fused-ring (bicyclic) bond motifs is 2. The van der Waals surface area contributed by atoms with Gasteiger partial charge in [0.15, 0.2) is 0 Å². The molecule has 2 aromatic carbocycles. The minimum Gasteiger partial charge on any atom is -0.493 e. The Morgan fingerprint density at radius 1 is 1.00 bits per heavy atom. The van der Waals surface area contributed by atoms with Crippen molar-refractivity contribution in [2.24, 2.45) is 0 Å². The zero-order valence-corrected chi connectivity index (χ0v) is 13.5. The number of rotatable bonds is 3. The molecule has 1 heterocycles. The van der Waals surface area contributed by atoms with Gasteiger partial charge in [0, 0.05) is 28.7 Å². The maximum absolute atomic E-state index is 5.79. The monoisotopic (exact) mass is 343 g/mol. The van der Waals surface area contributed by atoms with Gasteiger partial charge in [-0.2, -0.15) is 0 Å². The zero-order chi connectivity index (χ0) is 14.2. The largest absolute Gasteiger partial charge is 0.493 e. The van der Waals surface area contributed by atoms with E-state index < -0.39 is 0 Å². The van der Waals surface area contributed by atoms with Crippen LogP contribution in [-0.4, -0.2) is 6.61 Å². The molecule has 0 atom stereocenters. The molecule has 1 N–H and O–H groups in total. The fourth-order valence-electron chi connectivity index (χ4n) is 3.36. The maximum Gasteiger partial charge on any atom is 0.127 e. The van der Waals surface area contributed by atoms with E-state index >= 15 is 0 Å². The van der Waals surface area contributed by atoms with Crippen molar-refractivity contribution in [2.45, 2.75) is 32.2 Å². The molecule has 3 heteroatoms. The summed E-state index contributed by atoms with van der Waals surface area (Å²) in [4.78, 5) is 0. The molecule has 0 aromatic heterocycles. The number of hydrogen-bond donors (Lipinski definition) is 1. The first-order chi connectivity index (χ1) is 10.3. The second kappa shape index (κ2) is 5.38. The van der Waals surface area contributed by atoms with E-state index in [1.165, 1.54) is 47.2 Å². The van der Waals surface area contributed by atoms with E-state index in [-0.39, 0.29) is 0 Å². The molecule has 21 heavy (non-hydrogen) atoms. The van der Waals surface area contributed by atoms with Crippen LogP contribution in [0.3, 0.4) is 0 Å². The highest BCUT2D eigenvalue weighted by Gasteiger charge is 2.17. The van der Waals surface area contributed by atoms with E-state index in [0.29, 0.717) is 0 Å². The van der Waals surface area contributed by atoms with Crippen LogP contribution in [0.2, 0.25) is 0 Å². The smallest absolute Gasteiger partial charge is 0.127 e. The van der Waals surface area contributed by atoms with E-state index in [1.807, 2.05) is 0 Å². The molecule has 0 saturated heterocycles. The van der Waals surface area contributed by atoms with E-state index in [2.05, 4.69) is 51.6 Å². The summed E-state index contributed by atoms with van der Waals surface area (Å²) in [7, 11) is 0. The minimum atomic E-state index is 0.803. The van der Waals surface area contributed by atoms with Gasteiger partial charge in [-0.15, -0.1) is 0 Å². The van der Waals surface area contributed by atoms with E-state index in [1.54, 1.807) is 0 Å². The van der Waals surface area contributed by atoms with Crippen LogP contribution in [0.1, 0.15) is 28.7 Å². The van der Waals surface area contributed by atoms with Crippen molar-refractivity contribution in [1.82, 2.24) is 0 Å². The molecule has 2 aliphatic rings. The van der Waals surface area contributed by atoms with E-state index in [9.17, 15) is 0 Å². The Kier molecular flexibility index (Phi) is 3.38. The van der Waals surface area contributed by atoms with Crippen LogP contribution in [0.5, 0.6) is 5.75 Å². The number of halogens is 1. The molecule has 1 aliphatic carbocycles. The Hall–Kier alpha value is -1.48. The van der Waals surface area contributed by atoms with Crippen molar-refractivity contribution in [1.29, 1.82) is 0 Å². The van der Waals surface area contributed by atoms with Gasteiger partial charge in [0.25, 0.3) is 0 Å². The number of ether oxygens (including phenoxy) is 1. The van der Waals surface area contributed by atoms with Gasteiger partial charge in [-0.3, -0.25) is 0 Å². The molecule has 0 fully saturated rings. The van der Waals surface area contributed by atoms with Crippen molar-refractivity contribution in [3.05, 3.63) is 57.1 Å². The van der Waals surface area contributed by atoms with E-state index in [4.69, 9.17) is 4.74 Å². The van der Waals surface area contributed by atoms with Crippen LogP contribution in [0.15, 0.2) is 34.8 Å². The number of benzene rings is 2. The van der Waals surface area contributed by atoms with Gasteiger partial charge in [0.1, 0.15) is 5.75 Å². The van der Waals surface area contributed by atoms with Crippen LogP contribution < -0.4 is 10.1 Å². The second-order valence-electron chi connectivity index (χ2n) is 5.84. The normalized spacial score (nSPS) is 15.5. The van der Waals surface area contributed by atoms with Gasteiger partial charge in [-0.25, -0.2) is 0 Å². The molecule has 0 amide bonds. The fourth-order valence-corrected chi connectivity index (χ4v) is 3.91. The SMILES string of the molecule is Brc1cc2c(c(CNc3ccc4c(c3)CCC4)c1)OCC2. The average molecular weight is 344 g/mol. The Balaban J connectivity index is 1.55. The van der Waals surface area contributed by atoms with Crippen molar-refractivity contribution < 1.29 is 4.74 Å². The first-order valence-corrected chi connectivity index (χ1v) is 8.39. The Labute approximate surface area is 133 Å². The highest BCUT2D eigenvalue weighted by molar-refractivity contribution is 9.10. The lowest BCUT2D eigenvalue weighted by Crippen LogP contribution is -2.02. The molecule has 2 nitrogen and oxygen atoms in total. The van der Waals surface area contributed by atoms with Gasteiger partial charge < -0.3 is 10.1 Å². The summed E-state index contributed by atoms with van der Waals surface area (Å²) in [6, 6.07) is 11.1. The molecule has 0 unspecified atom stereocenters. The first-order valence-electron chi connectivity index (χ1n) is 7.59. The summed E-state index contributed by atoms with van der Waals surface area (Å²) in [6.07, 6.45) is 4.77. The van der Waals surface area contributed by atoms with Gasteiger partial charge in [-0.1, -0.05) is 22.0 Å². The standard InChI is InChI=1S/C18H18BrNO/c19-16-8-14-6-7-21-18(14)15(9-16)11-20-17-5-4-12-2-1-3-13(12)10-17/h4-5,8-10,20H,1-3,6-7,11H2. The van der Waals surface area contributed by atoms with Gasteiger partial charge >= 0.3 is 0 Å². The summed E-state index contributed by atoms with van der Waals surface area (Å²) in [5.74, 6) is 1.08. The molecule has 0 radical (unpaired) electrons. The molecule has 0 saturated carbocycles. The Bertz CT molecular complexity index is 696. The number of hydrogen-bond acceptors (Lipinski definition) is 2. The number of aryl methyl sites for hydroxylation is 2. The van der Waals surface area contributed by atoms with Crippen molar-refractivity contribution >= 4 is 21.6 Å². The van der Waals surface area contributed by atoms with Crippen molar-refractivity contribution in [3.8, 4) is 5.75 Å². The molecular formula is C18H18BrNO.